The molecule has 90 valence electrons. The van der Waals surface area contributed by atoms with Gasteiger partial charge >= 0.3 is 0 Å². The molecule has 16 heavy (non-hydrogen) atoms. The van der Waals surface area contributed by atoms with Crippen molar-refractivity contribution in [3.63, 3.8) is 0 Å². The van der Waals surface area contributed by atoms with Gasteiger partial charge in [-0.2, -0.15) is 0 Å². The summed E-state index contributed by atoms with van der Waals surface area (Å²) in [6, 6.07) is 7.91. The molecule has 1 aromatic carbocycles. The van der Waals surface area contributed by atoms with E-state index in [0.29, 0.717) is 13.0 Å². The Labute approximate surface area is 98.1 Å². The molecule has 0 aliphatic rings. The predicted molar refractivity (Wildman–Crippen MR) is 66.7 cm³/mol. The van der Waals surface area contributed by atoms with Crippen LogP contribution in [0.25, 0.3) is 0 Å². The van der Waals surface area contributed by atoms with Gasteiger partial charge in [0, 0.05) is 13.6 Å². The van der Waals surface area contributed by atoms with Crippen molar-refractivity contribution in [2.45, 2.75) is 26.8 Å². The Balaban J connectivity index is 2.75. The molecule has 0 bridgehead atoms. The van der Waals surface area contributed by atoms with Gasteiger partial charge in [-0.15, -0.1) is 0 Å². The van der Waals surface area contributed by atoms with E-state index in [2.05, 4.69) is 0 Å². The molecule has 0 atom stereocenters. The summed E-state index contributed by atoms with van der Waals surface area (Å²) in [5.41, 5.74) is 2.18. The molecule has 0 saturated carbocycles. The molecule has 0 aliphatic heterocycles. The van der Waals surface area contributed by atoms with Gasteiger partial charge in [0.25, 0.3) is 0 Å². The largest absolute Gasteiger partial charge is 0.214 e. The topological polar surface area (TPSA) is 37.4 Å². The lowest BCUT2D eigenvalue weighted by Crippen LogP contribution is -2.28. The van der Waals surface area contributed by atoms with Crippen molar-refractivity contribution < 1.29 is 8.42 Å². The molecule has 0 radical (unpaired) electrons. The average molecular weight is 241 g/mol. The Bertz CT molecular complexity index is 440. The Morgan fingerprint density at radius 1 is 1.31 bits per heavy atom. The van der Waals surface area contributed by atoms with Crippen LogP contribution in [0, 0.1) is 6.92 Å². The second-order valence-corrected chi connectivity index (χ2v) is 6.26. The first-order valence-corrected chi connectivity index (χ1v) is 7.06. The molecule has 4 heteroatoms. The molecule has 0 saturated heterocycles. The van der Waals surface area contributed by atoms with E-state index in [9.17, 15) is 8.42 Å². The summed E-state index contributed by atoms with van der Waals surface area (Å²) in [4.78, 5) is 0. The Hall–Kier alpha value is -0.870. The van der Waals surface area contributed by atoms with Gasteiger partial charge in [0.1, 0.15) is 0 Å². The summed E-state index contributed by atoms with van der Waals surface area (Å²) >= 11 is 0. The van der Waals surface area contributed by atoms with Crippen LogP contribution in [0.4, 0.5) is 0 Å². The molecular weight excluding hydrogens is 222 g/mol. The Morgan fingerprint density at radius 2 is 2.00 bits per heavy atom. The van der Waals surface area contributed by atoms with Crippen molar-refractivity contribution in [1.82, 2.24) is 4.31 Å². The number of aryl methyl sites for hydroxylation is 1. The smallest absolute Gasteiger partial charge is 0.212 e. The van der Waals surface area contributed by atoms with E-state index in [4.69, 9.17) is 0 Å². The number of hydrogen-bond acceptors (Lipinski definition) is 2. The van der Waals surface area contributed by atoms with E-state index < -0.39 is 10.0 Å². The summed E-state index contributed by atoms with van der Waals surface area (Å²) in [6.45, 7) is 4.33. The van der Waals surface area contributed by atoms with Crippen LogP contribution in [0.15, 0.2) is 24.3 Å². The van der Waals surface area contributed by atoms with Crippen LogP contribution < -0.4 is 0 Å². The lowest BCUT2D eigenvalue weighted by Gasteiger charge is -2.16. The van der Waals surface area contributed by atoms with E-state index >= 15 is 0 Å². The Morgan fingerprint density at radius 3 is 2.56 bits per heavy atom. The number of hydrogen-bond donors (Lipinski definition) is 0. The van der Waals surface area contributed by atoms with E-state index in [1.165, 1.54) is 4.31 Å². The van der Waals surface area contributed by atoms with Crippen molar-refractivity contribution in [2.24, 2.45) is 0 Å². The van der Waals surface area contributed by atoms with E-state index in [0.717, 1.165) is 11.1 Å². The second kappa shape index (κ2) is 5.46. The quantitative estimate of drug-likeness (QED) is 0.792. The molecule has 1 aromatic rings. The third-order valence-corrected chi connectivity index (χ3v) is 4.43. The van der Waals surface area contributed by atoms with E-state index in [1.807, 2.05) is 38.1 Å². The second-order valence-electron chi connectivity index (χ2n) is 4.06. The van der Waals surface area contributed by atoms with Gasteiger partial charge in [0.15, 0.2) is 0 Å². The molecule has 0 heterocycles. The highest BCUT2D eigenvalue weighted by Crippen LogP contribution is 2.10. The molecule has 0 amide bonds. The summed E-state index contributed by atoms with van der Waals surface area (Å²) in [6.07, 6.45) is 0.653. The van der Waals surface area contributed by atoms with Crippen molar-refractivity contribution in [3.8, 4) is 0 Å². The van der Waals surface area contributed by atoms with Crippen LogP contribution >= 0.6 is 0 Å². The fourth-order valence-electron chi connectivity index (χ4n) is 1.58. The van der Waals surface area contributed by atoms with E-state index in [-0.39, 0.29) is 5.75 Å². The molecule has 3 nitrogen and oxygen atoms in total. The lowest BCUT2D eigenvalue weighted by atomic mass is 10.1. The zero-order chi connectivity index (χ0) is 12.2. The standard InChI is InChI=1S/C12H19NO2S/c1-4-8-16(14,15)13(3)10-12-7-5-6-11(2)9-12/h5-7,9H,4,8,10H2,1-3H3. The van der Waals surface area contributed by atoms with Gasteiger partial charge in [-0.25, -0.2) is 12.7 Å². The van der Waals surface area contributed by atoms with Crippen LogP contribution in [-0.2, 0) is 16.6 Å². The molecule has 0 unspecified atom stereocenters. The molecule has 0 aliphatic carbocycles. The highest BCUT2D eigenvalue weighted by molar-refractivity contribution is 7.89. The highest BCUT2D eigenvalue weighted by atomic mass is 32.2. The Kier molecular flexibility index (Phi) is 4.50. The van der Waals surface area contributed by atoms with Crippen LogP contribution in [0.5, 0.6) is 0 Å². The lowest BCUT2D eigenvalue weighted by molar-refractivity contribution is 0.466. The molecular formula is C12H19NO2S. The maximum atomic E-state index is 11.7. The normalized spacial score (nSPS) is 12.0. The minimum atomic E-state index is -3.09. The summed E-state index contributed by atoms with van der Waals surface area (Å²) in [7, 11) is -1.46. The maximum Gasteiger partial charge on any atom is 0.214 e. The minimum Gasteiger partial charge on any atom is -0.212 e. The molecule has 0 N–H and O–H groups in total. The fourth-order valence-corrected chi connectivity index (χ4v) is 2.75. The van der Waals surface area contributed by atoms with Crippen molar-refractivity contribution in [3.05, 3.63) is 35.4 Å². The van der Waals surface area contributed by atoms with Crippen molar-refractivity contribution in [2.75, 3.05) is 12.8 Å². The van der Waals surface area contributed by atoms with Gasteiger partial charge in [-0.05, 0) is 18.9 Å². The number of rotatable bonds is 5. The van der Waals surface area contributed by atoms with Gasteiger partial charge in [-0.1, -0.05) is 36.8 Å². The summed E-state index contributed by atoms with van der Waals surface area (Å²) in [5.74, 6) is 0.218. The molecule has 1 rings (SSSR count). The first kappa shape index (κ1) is 13.2. The highest BCUT2D eigenvalue weighted by Gasteiger charge is 2.16. The third kappa shape index (κ3) is 3.61. The van der Waals surface area contributed by atoms with E-state index in [1.54, 1.807) is 7.05 Å². The third-order valence-electron chi connectivity index (χ3n) is 2.42. The van der Waals surface area contributed by atoms with Crippen molar-refractivity contribution >= 4 is 10.0 Å². The van der Waals surface area contributed by atoms with Gasteiger partial charge in [0.2, 0.25) is 10.0 Å². The minimum absolute atomic E-state index is 0.218. The first-order valence-electron chi connectivity index (χ1n) is 5.45. The monoisotopic (exact) mass is 241 g/mol. The van der Waals surface area contributed by atoms with Crippen LogP contribution in [0.3, 0.4) is 0 Å². The van der Waals surface area contributed by atoms with Crippen molar-refractivity contribution in [1.29, 1.82) is 0 Å². The SMILES string of the molecule is CCCS(=O)(=O)N(C)Cc1cccc(C)c1. The van der Waals surface area contributed by atoms with Gasteiger partial charge in [0.05, 0.1) is 5.75 Å². The molecule has 0 fully saturated rings. The number of benzene rings is 1. The summed E-state index contributed by atoms with van der Waals surface area (Å²) < 4.78 is 24.9. The maximum absolute atomic E-state index is 11.7. The number of sulfonamides is 1. The van der Waals surface area contributed by atoms with Crippen LogP contribution in [0.1, 0.15) is 24.5 Å². The van der Waals surface area contributed by atoms with Gasteiger partial charge in [-0.3, -0.25) is 0 Å². The predicted octanol–water partition coefficient (Wildman–Crippen LogP) is 2.17. The average Bonchev–Trinajstić information content (AvgIpc) is 2.17. The van der Waals surface area contributed by atoms with Crippen LogP contribution in [0.2, 0.25) is 0 Å². The zero-order valence-corrected chi connectivity index (χ0v) is 10.9. The first-order chi connectivity index (χ1) is 7.45. The zero-order valence-electron chi connectivity index (χ0n) is 10.1. The fraction of sp³-hybridized carbons (Fsp3) is 0.500. The molecule has 0 aromatic heterocycles. The van der Waals surface area contributed by atoms with Crippen LogP contribution in [-0.4, -0.2) is 25.5 Å². The number of nitrogens with zero attached hydrogens (tertiary/aromatic N) is 1. The molecule has 0 spiro atoms. The summed E-state index contributed by atoms with van der Waals surface area (Å²) in [5, 5.41) is 0. The van der Waals surface area contributed by atoms with Gasteiger partial charge < -0.3 is 0 Å².